The van der Waals surface area contributed by atoms with Gasteiger partial charge >= 0.3 is 5.97 Å². The minimum absolute atomic E-state index is 0.127. The Labute approximate surface area is 110 Å². The van der Waals surface area contributed by atoms with Crippen LogP contribution in [0.4, 0.5) is 0 Å². The fourth-order valence-electron chi connectivity index (χ4n) is 1.50. The summed E-state index contributed by atoms with van der Waals surface area (Å²) >= 11 is 0. The van der Waals surface area contributed by atoms with Gasteiger partial charge in [0.1, 0.15) is 5.56 Å². The number of aliphatic hydroxyl groups is 1. The van der Waals surface area contributed by atoms with Crippen LogP contribution in [-0.2, 0) is 10.0 Å². The van der Waals surface area contributed by atoms with Crippen LogP contribution in [0.15, 0.2) is 11.2 Å². The molecule has 0 bridgehead atoms. The van der Waals surface area contributed by atoms with E-state index in [1.165, 1.54) is 0 Å². The number of carboxylic acid groups (broad SMARTS) is 1. The summed E-state index contributed by atoms with van der Waals surface area (Å²) in [6, 6.07) is 0. The van der Waals surface area contributed by atoms with Gasteiger partial charge in [0.05, 0.1) is 6.20 Å². The van der Waals surface area contributed by atoms with Crippen molar-refractivity contribution in [3.8, 4) is 0 Å². The first-order chi connectivity index (χ1) is 8.99. The van der Waals surface area contributed by atoms with Crippen LogP contribution in [0.1, 0.15) is 36.0 Å². The van der Waals surface area contributed by atoms with Gasteiger partial charge < -0.3 is 10.2 Å². The SMILES string of the molecule is O=C(O)c1cn[nH]c1S(=O)(=O)NCCCCCCO. The van der Waals surface area contributed by atoms with Crippen LogP contribution in [0.25, 0.3) is 0 Å². The molecule has 19 heavy (non-hydrogen) atoms. The molecule has 1 rings (SSSR count). The predicted molar refractivity (Wildman–Crippen MR) is 66.3 cm³/mol. The van der Waals surface area contributed by atoms with E-state index in [0.717, 1.165) is 19.0 Å². The van der Waals surface area contributed by atoms with Gasteiger partial charge in [-0.3, -0.25) is 5.10 Å². The second-order valence-electron chi connectivity index (χ2n) is 3.95. The van der Waals surface area contributed by atoms with Crippen molar-refractivity contribution in [3.63, 3.8) is 0 Å². The summed E-state index contributed by atoms with van der Waals surface area (Å²) in [4.78, 5) is 10.8. The maximum Gasteiger partial charge on any atom is 0.340 e. The molecule has 0 aliphatic carbocycles. The van der Waals surface area contributed by atoms with Crippen molar-refractivity contribution < 1.29 is 23.4 Å². The van der Waals surface area contributed by atoms with Crippen molar-refractivity contribution in [2.75, 3.05) is 13.2 Å². The molecule has 0 fully saturated rings. The molecule has 0 saturated heterocycles. The van der Waals surface area contributed by atoms with Gasteiger partial charge in [0.15, 0.2) is 5.03 Å². The highest BCUT2D eigenvalue weighted by atomic mass is 32.2. The minimum Gasteiger partial charge on any atom is -0.478 e. The number of aliphatic hydroxyl groups excluding tert-OH is 1. The number of sulfonamides is 1. The maximum atomic E-state index is 11.8. The number of nitrogens with zero attached hydrogens (tertiary/aromatic N) is 1. The van der Waals surface area contributed by atoms with Crippen LogP contribution in [0.3, 0.4) is 0 Å². The Bertz CT molecular complexity index is 511. The third kappa shape index (κ3) is 4.62. The normalized spacial score (nSPS) is 11.6. The molecule has 1 aromatic heterocycles. The molecule has 0 radical (unpaired) electrons. The van der Waals surface area contributed by atoms with Crippen molar-refractivity contribution in [2.45, 2.75) is 30.7 Å². The smallest absolute Gasteiger partial charge is 0.340 e. The van der Waals surface area contributed by atoms with Crippen molar-refractivity contribution in [2.24, 2.45) is 0 Å². The number of aromatic nitrogens is 2. The molecule has 0 aliphatic rings. The zero-order chi connectivity index (χ0) is 14.3. The molecule has 0 aromatic carbocycles. The Kier molecular flexibility index (Phi) is 5.93. The van der Waals surface area contributed by atoms with Crippen LogP contribution in [0.5, 0.6) is 0 Å². The Morgan fingerprint density at radius 2 is 2.00 bits per heavy atom. The predicted octanol–water partition coefficient (Wildman–Crippen LogP) is -0.0611. The van der Waals surface area contributed by atoms with Gasteiger partial charge in [0, 0.05) is 13.2 Å². The summed E-state index contributed by atoms with van der Waals surface area (Å²) in [7, 11) is -3.88. The number of unbranched alkanes of at least 4 members (excludes halogenated alkanes) is 3. The fourth-order valence-corrected chi connectivity index (χ4v) is 2.66. The number of carbonyl (C=O) groups is 1. The number of carboxylic acids is 1. The molecule has 8 nitrogen and oxygen atoms in total. The van der Waals surface area contributed by atoms with E-state index < -0.39 is 21.0 Å². The first-order valence-electron chi connectivity index (χ1n) is 5.86. The van der Waals surface area contributed by atoms with E-state index in [0.29, 0.717) is 12.8 Å². The minimum atomic E-state index is -3.88. The third-order valence-electron chi connectivity index (χ3n) is 2.48. The molecule has 9 heteroatoms. The number of aromatic amines is 1. The van der Waals surface area contributed by atoms with Crippen molar-refractivity contribution in [3.05, 3.63) is 11.8 Å². The summed E-state index contributed by atoms with van der Waals surface area (Å²) in [5.41, 5.74) is -0.382. The summed E-state index contributed by atoms with van der Waals surface area (Å²) in [5, 5.41) is 22.6. The molecule has 108 valence electrons. The number of nitrogens with one attached hydrogen (secondary N) is 2. The molecule has 1 aromatic rings. The molecule has 0 saturated carbocycles. The second-order valence-corrected chi connectivity index (χ2v) is 5.66. The lowest BCUT2D eigenvalue weighted by Gasteiger charge is -2.05. The van der Waals surface area contributed by atoms with Gasteiger partial charge in [0.2, 0.25) is 0 Å². The summed E-state index contributed by atoms with van der Waals surface area (Å²) in [6.45, 7) is 0.341. The molecule has 0 amide bonds. The van der Waals surface area contributed by atoms with E-state index in [1.807, 2.05) is 0 Å². The molecule has 0 unspecified atom stereocenters. The highest BCUT2D eigenvalue weighted by Gasteiger charge is 2.24. The van der Waals surface area contributed by atoms with Crippen LogP contribution in [-0.4, -0.2) is 47.9 Å². The van der Waals surface area contributed by atoms with Gasteiger partial charge in [-0.25, -0.2) is 17.9 Å². The highest BCUT2D eigenvalue weighted by molar-refractivity contribution is 7.89. The number of aromatic carboxylic acids is 1. The zero-order valence-corrected chi connectivity index (χ0v) is 11.1. The number of hydrogen-bond acceptors (Lipinski definition) is 5. The van der Waals surface area contributed by atoms with Crippen LogP contribution in [0.2, 0.25) is 0 Å². The van der Waals surface area contributed by atoms with Gasteiger partial charge in [-0.2, -0.15) is 5.10 Å². The van der Waals surface area contributed by atoms with Crippen molar-refractivity contribution in [1.82, 2.24) is 14.9 Å². The molecular formula is C10H17N3O5S. The lowest BCUT2D eigenvalue weighted by Crippen LogP contribution is -2.26. The maximum absolute atomic E-state index is 11.8. The third-order valence-corrected chi connectivity index (χ3v) is 3.91. The van der Waals surface area contributed by atoms with Gasteiger partial charge in [-0.1, -0.05) is 12.8 Å². The highest BCUT2D eigenvalue weighted by Crippen LogP contribution is 2.11. The Balaban J connectivity index is 2.52. The van der Waals surface area contributed by atoms with E-state index in [1.54, 1.807) is 0 Å². The average molecular weight is 291 g/mol. The van der Waals surface area contributed by atoms with Gasteiger partial charge in [-0.15, -0.1) is 0 Å². The molecule has 0 atom stereocenters. The number of rotatable bonds is 9. The van der Waals surface area contributed by atoms with E-state index in [-0.39, 0.29) is 18.7 Å². The van der Waals surface area contributed by atoms with Gasteiger partial charge in [0.25, 0.3) is 10.0 Å². The van der Waals surface area contributed by atoms with E-state index in [9.17, 15) is 13.2 Å². The van der Waals surface area contributed by atoms with Crippen molar-refractivity contribution >= 4 is 16.0 Å². The summed E-state index contributed by atoms with van der Waals surface area (Å²) in [6.07, 6.45) is 3.88. The zero-order valence-electron chi connectivity index (χ0n) is 10.3. The lowest BCUT2D eigenvalue weighted by molar-refractivity contribution is 0.0692. The van der Waals surface area contributed by atoms with Crippen LogP contribution >= 0.6 is 0 Å². The monoisotopic (exact) mass is 291 g/mol. The number of H-pyrrole nitrogens is 1. The Morgan fingerprint density at radius 1 is 1.32 bits per heavy atom. The van der Waals surface area contributed by atoms with Crippen molar-refractivity contribution in [1.29, 1.82) is 0 Å². The van der Waals surface area contributed by atoms with Crippen LogP contribution < -0.4 is 4.72 Å². The molecular weight excluding hydrogens is 274 g/mol. The topological polar surface area (TPSA) is 132 Å². The molecule has 4 N–H and O–H groups in total. The largest absolute Gasteiger partial charge is 0.478 e. The Morgan fingerprint density at radius 3 is 2.63 bits per heavy atom. The van der Waals surface area contributed by atoms with E-state index in [4.69, 9.17) is 10.2 Å². The average Bonchev–Trinajstić information content (AvgIpc) is 2.83. The van der Waals surface area contributed by atoms with Crippen LogP contribution in [0, 0.1) is 0 Å². The Hall–Kier alpha value is -1.45. The quantitative estimate of drug-likeness (QED) is 0.471. The fraction of sp³-hybridized carbons (Fsp3) is 0.600. The van der Waals surface area contributed by atoms with Gasteiger partial charge in [-0.05, 0) is 12.8 Å². The first kappa shape index (κ1) is 15.6. The summed E-state index contributed by atoms with van der Waals surface area (Å²) < 4.78 is 26.0. The molecule has 0 spiro atoms. The summed E-state index contributed by atoms with van der Waals surface area (Å²) in [5.74, 6) is -1.35. The first-order valence-corrected chi connectivity index (χ1v) is 7.34. The molecule has 1 heterocycles. The number of hydrogen-bond donors (Lipinski definition) is 4. The standard InChI is InChI=1S/C10H17N3O5S/c14-6-4-2-1-3-5-12-19(17,18)9-8(10(15)16)7-11-13-9/h7,12,14H,1-6H2,(H,11,13)(H,15,16). The molecule has 0 aliphatic heterocycles. The lowest BCUT2D eigenvalue weighted by atomic mass is 10.2. The second kappa shape index (κ2) is 7.22. The van der Waals surface area contributed by atoms with E-state index >= 15 is 0 Å². The van der Waals surface area contributed by atoms with E-state index in [2.05, 4.69) is 14.9 Å².